The zero-order valence-corrected chi connectivity index (χ0v) is 12.9. The van der Waals surface area contributed by atoms with Crippen LogP contribution in [0, 0.1) is 11.2 Å². The number of nitrogens with zero attached hydrogens (tertiary/aromatic N) is 2. The Kier molecular flexibility index (Phi) is 5.31. The summed E-state index contributed by atoms with van der Waals surface area (Å²) in [4.78, 5) is 4.72. The molecule has 1 aromatic carbocycles. The van der Waals surface area contributed by atoms with E-state index >= 15 is 0 Å². The number of hydrogen-bond acceptors (Lipinski definition) is 3. The minimum Gasteiger partial charge on any atom is -0.384 e. The van der Waals surface area contributed by atoms with Crippen molar-refractivity contribution < 1.29 is 4.39 Å². The molecule has 0 bridgehead atoms. The number of hydrogen-bond donors (Lipinski definition) is 2. The highest BCUT2D eigenvalue weighted by Gasteiger charge is 2.23. The van der Waals surface area contributed by atoms with E-state index in [1.54, 1.807) is 6.07 Å². The molecule has 1 unspecified atom stereocenters. The van der Waals surface area contributed by atoms with Crippen molar-refractivity contribution in [2.24, 2.45) is 5.73 Å². The van der Waals surface area contributed by atoms with Crippen molar-refractivity contribution in [1.82, 2.24) is 9.80 Å². The summed E-state index contributed by atoms with van der Waals surface area (Å²) in [6.07, 6.45) is 2.50. The number of nitrogens with one attached hydrogen (secondary N) is 1. The molecule has 0 aromatic heterocycles. The van der Waals surface area contributed by atoms with Crippen LogP contribution in [-0.2, 0) is 6.54 Å². The summed E-state index contributed by atoms with van der Waals surface area (Å²) in [5, 5.41) is 7.43. The smallest absolute Gasteiger partial charge is 0.124 e. The third kappa shape index (κ3) is 4.25. The largest absolute Gasteiger partial charge is 0.384 e. The topological polar surface area (TPSA) is 56.4 Å². The molecule has 1 atom stereocenters. The van der Waals surface area contributed by atoms with Gasteiger partial charge in [0.2, 0.25) is 0 Å². The zero-order chi connectivity index (χ0) is 15.4. The number of rotatable bonds is 6. The van der Waals surface area contributed by atoms with Gasteiger partial charge in [0.05, 0.1) is 0 Å². The Bertz CT molecular complexity index is 503. The molecule has 0 aliphatic carbocycles. The van der Waals surface area contributed by atoms with E-state index in [1.165, 1.54) is 31.5 Å². The molecule has 1 saturated heterocycles. The van der Waals surface area contributed by atoms with Gasteiger partial charge >= 0.3 is 0 Å². The van der Waals surface area contributed by atoms with Crippen molar-refractivity contribution in [3.05, 3.63) is 35.1 Å². The first kappa shape index (κ1) is 15.9. The van der Waals surface area contributed by atoms with E-state index in [2.05, 4.69) is 23.8 Å². The van der Waals surface area contributed by atoms with Crippen LogP contribution in [0.4, 0.5) is 4.39 Å². The van der Waals surface area contributed by atoms with Crippen molar-refractivity contribution in [2.45, 2.75) is 32.4 Å². The lowest BCUT2D eigenvalue weighted by atomic mass is 10.1. The molecule has 0 spiro atoms. The third-order valence-corrected chi connectivity index (χ3v) is 4.15. The number of nitrogen functional groups attached to an aromatic ring is 1. The number of halogens is 1. The van der Waals surface area contributed by atoms with Crippen LogP contribution in [0.15, 0.2) is 18.2 Å². The number of nitrogens with two attached hydrogens (primary N) is 1. The number of amidine groups is 1. The molecule has 1 aromatic rings. The molecule has 21 heavy (non-hydrogen) atoms. The van der Waals surface area contributed by atoms with E-state index in [1.807, 2.05) is 0 Å². The van der Waals surface area contributed by atoms with Crippen molar-refractivity contribution in [2.75, 3.05) is 26.7 Å². The monoisotopic (exact) mass is 292 g/mol. The molecular weight excluding hydrogens is 267 g/mol. The zero-order valence-electron chi connectivity index (χ0n) is 12.9. The summed E-state index contributed by atoms with van der Waals surface area (Å²) in [7, 11) is 2.06. The Balaban J connectivity index is 1.99. The lowest BCUT2D eigenvalue weighted by molar-refractivity contribution is 0.194. The van der Waals surface area contributed by atoms with Crippen LogP contribution in [0.2, 0.25) is 0 Å². The molecule has 2 rings (SSSR count). The number of likely N-dealkylation sites (N-methyl/N-ethyl adjacent to an activating group) is 2. The molecule has 0 amide bonds. The predicted octanol–water partition coefficient (Wildman–Crippen LogP) is 2.03. The van der Waals surface area contributed by atoms with Gasteiger partial charge in [0.25, 0.3) is 0 Å². The second-order valence-corrected chi connectivity index (χ2v) is 5.88. The fourth-order valence-electron chi connectivity index (χ4n) is 3.15. The second kappa shape index (κ2) is 7.00. The van der Waals surface area contributed by atoms with E-state index < -0.39 is 0 Å². The van der Waals surface area contributed by atoms with Crippen LogP contribution in [0.1, 0.15) is 30.9 Å². The summed E-state index contributed by atoms with van der Waals surface area (Å²) >= 11 is 0. The summed E-state index contributed by atoms with van der Waals surface area (Å²) in [6, 6.07) is 5.23. The molecule has 3 N–H and O–H groups in total. The highest BCUT2D eigenvalue weighted by atomic mass is 19.1. The van der Waals surface area contributed by atoms with Gasteiger partial charge in [-0.05, 0) is 56.7 Å². The normalized spacial score (nSPS) is 19.3. The van der Waals surface area contributed by atoms with Gasteiger partial charge in [-0.2, -0.15) is 0 Å². The van der Waals surface area contributed by atoms with E-state index in [-0.39, 0.29) is 11.7 Å². The SMILES string of the molecule is CCN1CCCC1CN(C)Cc1cc(F)cc(C(=N)N)c1. The van der Waals surface area contributed by atoms with Gasteiger partial charge in [0.1, 0.15) is 11.7 Å². The number of benzene rings is 1. The summed E-state index contributed by atoms with van der Waals surface area (Å²) in [6.45, 7) is 6.13. The van der Waals surface area contributed by atoms with Crippen molar-refractivity contribution in [1.29, 1.82) is 5.41 Å². The average molecular weight is 292 g/mol. The van der Waals surface area contributed by atoms with Crippen LogP contribution < -0.4 is 5.73 Å². The molecule has 1 aliphatic heterocycles. The fourth-order valence-corrected chi connectivity index (χ4v) is 3.15. The maximum Gasteiger partial charge on any atom is 0.124 e. The van der Waals surface area contributed by atoms with Crippen LogP contribution in [0.25, 0.3) is 0 Å². The van der Waals surface area contributed by atoms with E-state index in [9.17, 15) is 4.39 Å². The van der Waals surface area contributed by atoms with Crippen LogP contribution in [0.3, 0.4) is 0 Å². The van der Waals surface area contributed by atoms with Crippen molar-refractivity contribution in [3.63, 3.8) is 0 Å². The quantitative estimate of drug-likeness (QED) is 0.623. The van der Waals surface area contributed by atoms with E-state index in [0.29, 0.717) is 18.2 Å². The molecule has 1 heterocycles. The van der Waals surface area contributed by atoms with Crippen LogP contribution in [-0.4, -0.2) is 48.4 Å². The van der Waals surface area contributed by atoms with Gasteiger partial charge in [-0.3, -0.25) is 10.3 Å². The Labute approximate surface area is 126 Å². The average Bonchev–Trinajstić information content (AvgIpc) is 2.84. The molecule has 1 aliphatic rings. The Morgan fingerprint density at radius 3 is 2.90 bits per heavy atom. The maximum absolute atomic E-state index is 13.6. The van der Waals surface area contributed by atoms with Crippen molar-refractivity contribution >= 4 is 5.84 Å². The van der Waals surface area contributed by atoms with Gasteiger partial charge in [0.15, 0.2) is 0 Å². The first-order chi connectivity index (χ1) is 9.99. The maximum atomic E-state index is 13.6. The van der Waals surface area contributed by atoms with Gasteiger partial charge in [0, 0.05) is 24.7 Å². The summed E-state index contributed by atoms with van der Waals surface area (Å²) < 4.78 is 13.6. The van der Waals surface area contributed by atoms with Gasteiger partial charge in [-0.1, -0.05) is 6.92 Å². The van der Waals surface area contributed by atoms with Gasteiger partial charge in [-0.15, -0.1) is 0 Å². The Morgan fingerprint density at radius 1 is 1.48 bits per heavy atom. The Hall–Kier alpha value is -1.46. The van der Waals surface area contributed by atoms with Crippen LogP contribution >= 0.6 is 0 Å². The minimum atomic E-state index is -0.331. The first-order valence-electron chi connectivity index (χ1n) is 7.56. The molecule has 5 heteroatoms. The van der Waals surface area contributed by atoms with E-state index in [0.717, 1.165) is 18.7 Å². The lowest BCUT2D eigenvalue weighted by Crippen LogP contribution is -2.38. The summed E-state index contributed by atoms with van der Waals surface area (Å²) in [5.74, 6) is -0.423. The molecule has 0 saturated carbocycles. The predicted molar refractivity (Wildman–Crippen MR) is 84.0 cm³/mol. The first-order valence-corrected chi connectivity index (χ1v) is 7.56. The van der Waals surface area contributed by atoms with Crippen molar-refractivity contribution in [3.8, 4) is 0 Å². The van der Waals surface area contributed by atoms with E-state index in [4.69, 9.17) is 11.1 Å². The second-order valence-electron chi connectivity index (χ2n) is 5.88. The third-order valence-electron chi connectivity index (χ3n) is 4.15. The summed E-state index contributed by atoms with van der Waals surface area (Å²) in [5.41, 5.74) is 6.76. The standard InChI is InChI=1S/C16H25FN4/c1-3-21-6-4-5-15(21)11-20(2)10-12-7-13(16(18)19)9-14(17)8-12/h7-9,15H,3-6,10-11H2,1-2H3,(H3,18,19). The van der Waals surface area contributed by atoms with Gasteiger partial charge in [-0.25, -0.2) is 4.39 Å². The Morgan fingerprint density at radius 2 is 2.24 bits per heavy atom. The molecule has 0 radical (unpaired) electrons. The molecule has 1 fully saturated rings. The van der Waals surface area contributed by atoms with Gasteiger partial charge < -0.3 is 10.6 Å². The highest BCUT2D eigenvalue weighted by Crippen LogP contribution is 2.18. The molecule has 4 nitrogen and oxygen atoms in total. The molecular formula is C16H25FN4. The van der Waals surface area contributed by atoms with Crippen LogP contribution in [0.5, 0.6) is 0 Å². The molecule has 116 valence electrons. The number of likely N-dealkylation sites (tertiary alicyclic amines) is 1. The lowest BCUT2D eigenvalue weighted by Gasteiger charge is -2.27. The fraction of sp³-hybridized carbons (Fsp3) is 0.562. The minimum absolute atomic E-state index is 0.0913. The highest BCUT2D eigenvalue weighted by molar-refractivity contribution is 5.95.